The van der Waals surface area contributed by atoms with E-state index in [9.17, 15) is 4.79 Å². The lowest BCUT2D eigenvalue weighted by molar-refractivity contribution is -0.129. The fraction of sp³-hybridized carbons (Fsp3) is 0.125. The number of hydrogen-bond acceptors (Lipinski definition) is 5. The molecule has 0 atom stereocenters. The van der Waals surface area contributed by atoms with Gasteiger partial charge in [-0.1, -0.05) is 11.6 Å². The van der Waals surface area contributed by atoms with E-state index in [1.54, 1.807) is 30.3 Å². The Labute approximate surface area is 131 Å². The Morgan fingerprint density at radius 2 is 2.09 bits per heavy atom. The molecule has 1 aliphatic rings. The maximum atomic E-state index is 11.9. The Balaban J connectivity index is 2.00. The molecule has 1 aromatic carbocycles. The molecule has 2 heterocycles. The third-order valence-electron chi connectivity index (χ3n) is 3.05. The second-order valence-electron chi connectivity index (χ2n) is 4.63. The topological polar surface area (TPSA) is 61.0 Å². The minimum Gasteiger partial charge on any atom is -0.496 e. The van der Waals surface area contributed by atoms with E-state index in [0.29, 0.717) is 22.1 Å². The van der Waals surface area contributed by atoms with Crippen LogP contribution < -0.4 is 4.74 Å². The highest BCUT2D eigenvalue weighted by Crippen LogP contribution is 2.27. The first-order chi connectivity index (χ1) is 10.6. The zero-order valence-electron chi connectivity index (χ0n) is 11.9. The number of nitrogens with zero attached hydrogens (tertiary/aromatic N) is 1. The van der Waals surface area contributed by atoms with Gasteiger partial charge in [-0.3, -0.25) is 0 Å². The summed E-state index contributed by atoms with van der Waals surface area (Å²) >= 11 is 5.98. The van der Waals surface area contributed by atoms with Crippen molar-refractivity contribution in [3.05, 3.63) is 58.1 Å². The Kier molecular flexibility index (Phi) is 3.73. The van der Waals surface area contributed by atoms with Crippen molar-refractivity contribution in [2.24, 2.45) is 4.99 Å². The van der Waals surface area contributed by atoms with Gasteiger partial charge in [-0.2, -0.15) is 0 Å². The van der Waals surface area contributed by atoms with Crippen LogP contribution >= 0.6 is 11.6 Å². The minimum atomic E-state index is -0.550. The number of aliphatic imine (C=N–C) groups is 1. The molecular formula is C16H12ClNO4. The number of carbonyl (C=O) groups is 1. The highest BCUT2D eigenvalue weighted by Gasteiger charge is 2.26. The first-order valence-corrected chi connectivity index (χ1v) is 6.87. The Bertz CT molecular complexity index is 804. The molecule has 0 amide bonds. The predicted molar refractivity (Wildman–Crippen MR) is 82.1 cm³/mol. The zero-order chi connectivity index (χ0) is 15.7. The first kappa shape index (κ1) is 14.4. The predicted octanol–water partition coefficient (Wildman–Crippen LogP) is 3.59. The van der Waals surface area contributed by atoms with E-state index in [4.69, 9.17) is 25.5 Å². The average Bonchev–Trinajstić information content (AvgIpc) is 3.06. The molecule has 0 saturated heterocycles. The number of rotatable bonds is 3. The van der Waals surface area contributed by atoms with Gasteiger partial charge >= 0.3 is 5.97 Å². The van der Waals surface area contributed by atoms with Crippen molar-refractivity contribution in [1.29, 1.82) is 0 Å². The molecule has 0 bridgehead atoms. The fourth-order valence-corrected chi connectivity index (χ4v) is 2.21. The summed E-state index contributed by atoms with van der Waals surface area (Å²) in [6, 6.07) is 8.56. The number of esters is 1. The highest BCUT2D eigenvalue weighted by atomic mass is 35.5. The Hall–Kier alpha value is -2.53. The fourth-order valence-electron chi connectivity index (χ4n) is 2.04. The third-order valence-corrected chi connectivity index (χ3v) is 3.29. The summed E-state index contributed by atoms with van der Waals surface area (Å²) in [6.45, 7) is 1.82. The van der Waals surface area contributed by atoms with Crippen molar-refractivity contribution in [3.8, 4) is 5.75 Å². The smallest absolute Gasteiger partial charge is 0.363 e. The van der Waals surface area contributed by atoms with Gasteiger partial charge in [-0.15, -0.1) is 0 Å². The Morgan fingerprint density at radius 3 is 2.77 bits per heavy atom. The molecule has 3 rings (SSSR count). The minimum absolute atomic E-state index is 0.152. The molecule has 0 spiro atoms. The lowest BCUT2D eigenvalue weighted by atomic mass is 10.2. The van der Waals surface area contributed by atoms with Crippen molar-refractivity contribution in [2.45, 2.75) is 6.92 Å². The van der Waals surface area contributed by atoms with Crippen molar-refractivity contribution in [3.63, 3.8) is 0 Å². The number of ether oxygens (including phenoxy) is 2. The van der Waals surface area contributed by atoms with Gasteiger partial charge in [0.1, 0.15) is 17.3 Å². The van der Waals surface area contributed by atoms with Gasteiger partial charge in [0.15, 0.2) is 5.70 Å². The summed E-state index contributed by atoms with van der Waals surface area (Å²) in [5, 5.41) is 0.494. The standard InChI is InChI=1S/C16H12ClNO4/c1-9-3-5-11(21-9)8-13-16(19)22-15(18-13)12-7-10(17)4-6-14(12)20-2/h3-8H,1-2H3/b13-8+. The van der Waals surface area contributed by atoms with Crippen molar-refractivity contribution >= 4 is 29.5 Å². The lowest BCUT2D eigenvalue weighted by Gasteiger charge is -2.07. The van der Waals surface area contributed by atoms with Gasteiger partial charge in [-0.25, -0.2) is 9.79 Å². The number of benzene rings is 1. The number of carbonyl (C=O) groups excluding carboxylic acids is 1. The van der Waals surface area contributed by atoms with E-state index in [1.807, 2.05) is 6.92 Å². The summed E-state index contributed by atoms with van der Waals surface area (Å²) < 4.78 is 15.8. The summed E-state index contributed by atoms with van der Waals surface area (Å²) in [6.07, 6.45) is 1.53. The van der Waals surface area contributed by atoms with Crippen LogP contribution in [0.4, 0.5) is 0 Å². The molecule has 0 aliphatic carbocycles. The second kappa shape index (κ2) is 5.69. The van der Waals surface area contributed by atoms with Gasteiger partial charge in [0.2, 0.25) is 5.90 Å². The van der Waals surface area contributed by atoms with Gasteiger partial charge in [-0.05, 0) is 37.3 Å². The third kappa shape index (κ3) is 2.76. The Morgan fingerprint density at radius 1 is 1.27 bits per heavy atom. The van der Waals surface area contributed by atoms with Crippen LogP contribution in [0.2, 0.25) is 5.02 Å². The van der Waals surface area contributed by atoms with Crippen LogP contribution in [0, 0.1) is 6.92 Å². The SMILES string of the molecule is COc1ccc(Cl)cc1C1=N/C(=C/c2ccc(C)o2)C(=O)O1. The van der Waals surface area contributed by atoms with Crippen LogP contribution in [0.1, 0.15) is 17.1 Å². The van der Waals surface area contributed by atoms with Crippen molar-refractivity contribution < 1.29 is 18.7 Å². The normalized spacial score (nSPS) is 15.9. The molecule has 0 saturated carbocycles. The number of hydrogen-bond donors (Lipinski definition) is 0. The van der Waals surface area contributed by atoms with E-state index in [-0.39, 0.29) is 11.6 Å². The number of aryl methyl sites for hydroxylation is 1. The summed E-state index contributed by atoms with van der Waals surface area (Å²) in [4.78, 5) is 16.1. The summed E-state index contributed by atoms with van der Waals surface area (Å²) in [5.41, 5.74) is 0.675. The number of methoxy groups -OCH3 is 1. The van der Waals surface area contributed by atoms with E-state index in [2.05, 4.69) is 4.99 Å². The molecule has 5 nitrogen and oxygen atoms in total. The molecule has 0 fully saturated rings. The van der Waals surface area contributed by atoms with Gasteiger partial charge in [0.25, 0.3) is 0 Å². The highest BCUT2D eigenvalue weighted by molar-refractivity contribution is 6.31. The molecule has 2 aromatic rings. The first-order valence-electron chi connectivity index (χ1n) is 6.50. The molecule has 1 aliphatic heterocycles. The van der Waals surface area contributed by atoms with Crippen LogP contribution in [0.25, 0.3) is 6.08 Å². The summed E-state index contributed by atoms with van der Waals surface area (Å²) in [5.74, 6) is 1.41. The molecule has 0 radical (unpaired) electrons. The van der Waals surface area contributed by atoms with Crippen LogP contribution in [-0.4, -0.2) is 19.0 Å². The molecule has 22 heavy (non-hydrogen) atoms. The maximum Gasteiger partial charge on any atom is 0.363 e. The van der Waals surface area contributed by atoms with Crippen LogP contribution in [0.15, 0.2) is 45.4 Å². The van der Waals surface area contributed by atoms with Crippen molar-refractivity contribution in [2.75, 3.05) is 7.11 Å². The van der Waals surface area contributed by atoms with Crippen molar-refractivity contribution in [1.82, 2.24) is 0 Å². The molecule has 112 valence electrons. The lowest BCUT2D eigenvalue weighted by Crippen LogP contribution is -2.07. The van der Waals surface area contributed by atoms with Gasteiger partial charge in [0, 0.05) is 11.1 Å². The van der Waals surface area contributed by atoms with E-state index < -0.39 is 5.97 Å². The maximum absolute atomic E-state index is 11.9. The molecule has 0 unspecified atom stereocenters. The van der Waals surface area contributed by atoms with Gasteiger partial charge in [0.05, 0.1) is 12.7 Å². The average molecular weight is 318 g/mol. The van der Waals surface area contributed by atoms with Crippen LogP contribution in [0.3, 0.4) is 0 Å². The number of cyclic esters (lactones) is 1. The summed E-state index contributed by atoms with van der Waals surface area (Å²) in [7, 11) is 1.52. The second-order valence-corrected chi connectivity index (χ2v) is 5.07. The molecule has 6 heteroatoms. The van der Waals surface area contributed by atoms with E-state index in [0.717, 1.165) is 5.76 Å². The van der Waals surface area contributed by atoms with E-state index in [1.165, 1.54) is 13.2 Å². The molecule has 1 aromatic heterocycles. The monoisotopic (exact) mass is 317 g/mol. The van der Waals surface area contributed by atoms with Gasteiger partial charge < -0.3 is 13.9 Å². The number of furan rings is 1. The zero-order valence-corrected chi connectivity index (χ0v) is 12.7. The molecular weight excluding hydrogens is 306 g/mol. The molecule has 0 N–H and O–H groups in total. The quantitative estimate of drug-likeness (QED) is 0.641. The largest absolute Gasteiger partial charge is 0.496 e. The number of halogens is 1. The van der Waals surface area contributed by atoms with E-state index >= 15 is 0 Å². The van der Waals surface area contributed by atoms with Crippen LogP contribution in [0.5, 0.6) is 5.75 Å². The van der Waals surface area contributed by atoms with Crippen LogP contribution in [-0.2, 0) is 9.53 Å².